The summed E-state index contributed by atoms with van der Waals surface area (Å²) in [5.74, 6) is 0.0286. The quantitative estimate of drug-likeness (QED) is 0.800. The molecule has 2 amide bonds. The summed E-state index contributed by atoms with van der Waals surface area (Å²) in [5.41, 5.74) is 7.44. The van der Waals surface area contributed by atoms with Crippen LogP contribution in [0.4, 0.5) is 5.69 Å². The summed E-state index contributed by atoms with van der Waals surface area (Å²) >= 11 is 0. The van der Waals surface area contributed by atoms with Crippen LogP contribution in [0.1, 0.15) is 46.1 Å². The first-order chi connectivity index (χ1) is 10.3. The van der Waals surface area contributed by atoms with Crippen LogP contribution in [0.3, 0.4) is 0 Å². The van der Waals surface area contributed by atoms with E-state index in [-0.39, 0.29) is 36.3 Å². The molecule has 0 radical (unpaired) electrons. The molecular formula is C17H28ClN3O2. The molecule has 0 bridgehead atoms. The van der Waals surface area contributed by atoms with Crippen LogP contribution in [-0.2, 0) is 16.1 Å². The van der Waals surface area contributed by atoms with Crippen LogP contribution in [0.2, 0.25) is 0 Å². The number of hydrogen-bond acceptors (Lipinski definition) is 3. The summed E-state index contributed by atoms with van der Waals surface area (Å²) in [5, 5.41) is 2.85. The maximum atomic E-state index is 11.7. The lowest BCUT2D eigenvalue weighted by atomic mass is 10.1. The summed E-state index contributed by atoms with van der Waals surface area (Å²) in [6.07, 6.45) is 1.09. The van der Waals surface area contributed by atoms with Gasteiger partial charge in [-0.15, -0.1) is 12.4 Å². The Morgan fingerprint density at radius 1 is 1.17 bits per heavy atom. The number of amides is 2. The fourth-order valence-corrected chi connectivity index (χ4v) is 2.13. The first-order valence-corrected chi connectivity index (χ1v) is 7.71. The van der Waals surface area contributed by atoms with E-state index in [1.54, 1.807) is 11.8 Å². The number of carbonyl (C=O) groups excluding carboxylic acids is 2. The largest absolute Gasteiger partial charge is 0.336 e. The third kappa shape index (κ3) is 8.00. The van der Waals surface area contributed by atoms with Gasteiger partial charge in [-0.25, -0.2) is 0 Å². The van der Waals surface area contributed by atoms with Gasteiger partial charge < -0.3 is 16.0 Å². The highest BCUT2D eigenvalue weighted by atomic mass is 35.5. The van der Waals surface area contributed by atoms with Crippen LogP contribution in [0.15, 0.2) is 24.3 Å². The molecule has 1 atom stereocenters. The van der Waals surface area contributed by atoms with Crippen molar-refractivity contribution in [2.24, 2.45) is 5.73 Å². The molecule has 0 aliphatic heterocycles. The average Bonchev–Trinajstić information content (AvgIpc) is 2.43. The number of nitrogens with zero attached hydrogens (tertiary/aromatic N) is 1. The van der Waals surface area contributed by atoms with Crippen molar-refractivity contribution in [3.63, 3.8) is 0 Å². The van der Waals surface area contributed by atoms with Gasteiger partial charge in [-0.3, -0.25) is 9.59 Å². The van der Waals surface area contributed by atoms with Crippen molar-refractivity contribution in [2.75, 3.05) is 5.32 Å². The Balaban J connectivity index is 0.00000484. The number of hydrogen-bond donors (Lipinski definition) is 2. The van der Waals surface area contributed by atoms with E-state index in [1.807, 2.05) is 45.0 Å². The number of rotatable bonds is 7. The zero-order valence-corrected chi connectivity index (χ0v) is 15.2. The lowest BCUT2D eigenvalue weighted by Gasteiger charge is -2.25. The van der Waals surface area contributed by atoms with Crippen molar-refractivity contribution in [3.8, 4) is 0 Å². The lowest BCUT2D eigenvalue weighted by molar-refractivity contribution is -0.131. The zero-order chi connectivity index (χ0) is 16.7. The number of nitrogens with two attached hydrogens (primary N) is 1. The standard InChI is InChI=1S/C17H27N3O2.ClH/c1-12(2)20(14(4)21)11-15-6-8-16(9-7-15)19-17(22)10-5-13(3)18;/h6-9,12-13H,5,10-11,18H2,1-4H3,(H,19,22);1H. The van der Waals surface area contributed by atoms with Gasteiger partial charge in [0.15, 0.2) is 0 Å². The fraction of sp³-hybridized carbons (Fsp3) is 0.529. The number of carbonyl (C=O) groups is 2. The molecule has 5 nitrogen and oxygen atoms in total. The topological polar surface area (TPSA) is 75.4 Å². The SMILES string of the molecule is CC(=O)N(Cc1ccc(NC(=O)CCC(C)N)cc1)C(C)C.Cl. The molecule has 0 saturated heterocycles. The smallest absolute Gasteiger partial charge is 0.224 e. The fourth-order valence-electron chi connectivity index (χ4n) is 2.13. The molecule has 1 rings (SSSR count). The highest BCUT2D eigenvalue weighted by Gasteiger charge is 2.13. The van der Waals surface area contributed by atoms with E-state index in [4.69, 9.17) is 5.73 Å². The van der Waals surface area contributed by atoms with Crippen molar-refractivity contribution in [3.05, 3.63) is 29.8 Å². The predicted molar refractivity (Wildman–Crippen MR) is 96.6 cm³/mol. The number of halogens is 1. The molecule has 0 aliphatic rings. The molecule has 1 aromatic carbocycles. The van der Waals surface area contributed by atoms with Crippen LogP contribution < -0.4 is 11.1 Å². The van der Waals surface area contributed by atoms with Crippen molar-refractivity contribution >= 4 is 29.9 Å². The molecule has 0 aliphatic carbocycles. The van der Waals surface area contributed by atoms with Gasteiger partial charge in [-0.05, 0) is 44.9 Å². The zero-order valence-electron chi connectivity index (χ0n) is 14.3. The highest BCUT2D eigenvalue weighted by Crippen LogP contribution is 2.14. The van der Waals surface area contributed by atoms with Crippen LogP contribution >= 0.6 is 12.4 Å². The maximum Gasteiger partial charge on any atom is 0.224 e. The molecule has 6 heteroatoms. The van der Waals surface area contributed by atoms with E-state index in [9.17, 15) is 9.59 Å². The molecule has 130 valence electrons. The van der Waals surface area contributed by atoms with E-state index >= 15 is 0 Å². The molecule has 0 fully saturated rings. The average molecular weight is 342 g/mol. The normalized spacial score (nSPS) is 11.6. The molecule has 1 aromatic rings. The Kier molecular flexibility index (Phi) is 9.53. The van der Waals surface area contributed by atoms with Gasteiger partial charge in [-0.1, -0.05) is 12.1 Å². The minimum Gasteiger partial charge on any atom is -0.336 e. The predicted octanol–water partition coefficient (Wildman–Crippen LogP) is 2.93. The van der Waals surface area contributed by atoms with E-state index in [0.717, 1.165) is 11.3 Å². The van der Waals surface area contributed by atoms with Crippen molar-refractivity contribution in [1.82, 2.24) is 4.90 Å². The molecule has 1 unspecified atom stereocenters. The van der Waals surface area contributed by atoms with Crippen LogP contribution in [-0.4, -0.2) is 28.8 Å². The van der Waals surface area contributed by atoms with Gasteiger partial charge in [0.2, 0.25) is 11.8 Å². The second-order valence-electron chi connectivity index (χ2n) is 6.00. The maximum absolute atomic E-state index is 11.7. The van der Waals surface area contributed by atoms with Gasteiger partial charge in [-0.2, -0.15) is 0 Å². The Bertz CT molecular complexity index is 501. The molecule has 0 aromatic heterocycles. The Labute approximate surface area is 145 Å². The van der Waals surface area contributed by atoms with Crippen molar-refractivity contribution in [1.29, 1.82) is 0 Å². The summed E-state index contributed by atoms with van der Waals surface area (Å²) in [6, 6.07) is 7.77. The lowest BCUT2D eigenvalue weighted by Crippen LogP contribution is -2.34. The Hall–Kier alpha value is -1.59. The molecule has 0 saturated carbocycles. The molecule has 0 heterocycles. The van der Waals surface area contributed by atoms with Gasteiger partial charge >= 0.3 is 0 Å². The number of benzene rings is 1. The number of anilines is 1. The number of nitrogens with one attached hydrogen (secondary N) is 1. The van der Waals surface area contributed by atoms with Gasteiger partial charge in [0.25, 0.3) is 0 Å². The summed E-state index contributed by atoms with van der Waals surface area (Å²) < 4.78 is 0. The summed E-state index contributed by atoms with van der Waals surface area (Å²) in [4.78, 5) is 25.1. The van der Waals surface area contributed by atoms with Crippen LogP contribution in [0.5, 0.6) is 0 Å². The van der Waals surface area contributed by atoms with Gasteiger partial charge in [0, 0.05) is 37.7 Å². The van der Waals surface area contributed by atoms with Gasteiger partial charge in [0.1, 0.15) is 0 Å². The summed E-state index contributed by atoms with van der Waals surface area (Å²) in [6.45, 7) is 8.03. The second kappa shape index (κ2) is 10.2. The first-order valence-electron chi connectivity index (χ1n) is 7.71. The molecular weight excluding hydrogens is 314 g/mol. The van der Waals surface area contributed by atoms with E-state index in [2.05, 4.69) is 5.32 Å². The molecule has 0 spiro atoms. The van der Waals surface area contributed by atoms with Crippen molar-refractivity contribution in [2.45, 2.75) is 59.2 Å². The van der Waals surface area contributed by atoms with Gasteiger partial charge in [0.05, 0.1) is 0 Å². The molecule has 23 heavy (non-hydrogen) atoms. The minimum absolute atomic E-state index is 0. The highest BCUT2D eigenvalue weighted by molar-refractivity contribution is 5.90. The third-order valence-corrected chi connectivity index (χ3v) is 3.45. The van der Waals surface area contributed by atoms with Crippen molar-refractivity contribution < 1.29 is 9.59 Å². The second-order valence-corrected chi connectivity index (χ2v) is 6.00. The first kappa shape index (κ1) is 21.4. The van der Waals surface area contributed by atoms with E-state index in [1.165, 1.54) is 0 Å². The summed E-state index contributed by atoms with van der Waals surface area (Å²) in [7, 11) is 0. The minimum atomic E-state index is -0.0300. The van der Waals surface area contributed by atoms with E-state index in [0.29, 0.717) is 19.4 Å². The Morgan fingerprint density at radius 2 is 1.74 bits per heavy atom. The monoisotopic (exact) mass is 341 g/mol. The van der Waals surface area contributed by atoms with Crippen LogP contribution in [0, 0.1) is 0 Å². The van der Waals surface area contributed by atoms with E-state index < -0.39 is 0 Å². The van der Waals surface area contributed by atoms with Crippen LogP contribution in [0.25, 0.3) is 0 Å². The molecule has 3 N–H and O–H groups in total. The Morgan fingerprint density at radius 3 is 2.17 bits per heavy atom. The third-order valence-electron chi connectivity index (χ3n) is 3.45.